The van der Waals surface area contributed by atoms with Crippen molar-refractivity contribution in [2.75, 3.05) is 66.2 Å². The van der Waals surface area contributed by atoms with Gasteiger partial charge in [0, 0.05) is 90.3 Å². The minimum absolute atomic E-state index is 0.0625. The van der Waals surface area contributed by atoms with E-state index < -0.39 is 29.5 Å². The maximum atomic E-state index is 13.6. The van der Waals surface area contributed by atoms with Crippen molar-refractivity contribution in [1.29, 1.82) is 10.5 Å². The Morgan fingerprint density at radius 3 is 1.53 bits per heavy atom. The first kappa shape index (κ1) is 61.3. The Morgan fingerprint density at radius 1 is 0.614 bits per heavy atom. The zero-order chi connectivity index (χ0) is 62.6. The Hall–Kier alpha value is -11.3. The number of hydrogen-bond donors (Lipinski definition) is 2. The van der Waals surface area contributed by atoms with Gasteiger partial charge in [-0.15, -0.1) is 10.2 Å². The molecule has 0 saturated carbocycles. The number of carbonyl (C=O) groups excluding carboxylic acids is 2. The van der Waals surface area contributed by atoms with Gasteiger partial charge in [0.15, 0.2) is 23.3 Å². The van der Waals surface area contributed by atoms with Gasteiger partial charge in [-0.2, -0.15) is 10.5 Å². The molecule has 1 atom stereocenters. The summed E-state index contributed by atoms with van der Waals surface area (Å²) in [6, 6.07) is 33.6. The van der Waals surface area contributed by atoms with Crippen LogP contribution in [0, 0.1) is 36.5 Å². The highest BCUT2D eigenvalue weighted by molar-refractivity contribution is 5.92. The number of nitriles is 2. The van der Waals surface area contributed by atoms with Gasteiger partial charge in [0.25, 0.3) is 11.8 Å². The van der Waals surface area contributed by atoms with Crippen LogP contribution >= 0.6 is 0 Å². The van der Waals surface area contributed by atoms with E-state index in [2.05, 4.69) is 75.3 Å². The van der Waals surface area contributed by atoms with Crippen LogP contribution in [0.25, 0.3) is 44.1 Å². The number of rotatable bonds is 13. The zero-order valence-electron chi connectivity index (χ0n) is 49.5. The van der Waals surface area contributed by atoms with Crippen LogP contribution in [0.3, 0.4) is 0 Å². The Kier molecular flexibility index (Phi) is 19.2. The number of amides is 2. The molecule has 88 heavy (non-hydrogen) atoms. The van der Waals surface area contributed by atoms with E-state index in [1.807, 2.05) is 144 Å². The van der Waals surface area contributed by atoms with Crippen molar-refractivity contribution >= 4 is 90.6 Å². The summed E-state index contributed by atoms with van der Waals surface area (Å²) in [5, 5.41) is 39.7. The van der Waals surface area contributed by atoms with E-state index in [9.17, 15) is 23.6 Å². The van der Waals surface area contributed by atoms with Crippen LogP contribution in [-0.4, -0.2) is 133 Å². The van der Waals surface area contributed by atoms with Gasteiger partial charge in [0.1, 0.15) is 69.4 Å². The number of ether oxygens (including phenoxy) is 2. The summed E-state index contributed by atoms with van der Waals surface area (Å²) >= 11 is 0. The molecule has 0 aliphatic carbocycles. The first-order chi connectivity index (χ1) is 42.6. The number of halogens is 2. The Morgan fingerprint density at radius 2 is 1.08 bits per heavy atom. The second-order valence-electron chi connectivity index (χ2n) is 19.9. The van der Waals surface area contributed by atoms with Crippen LogP contribution in [0.5, 0.6) is 23.0 Å². The molecule has 2 aliphatic rings. The summed E-state index contributed by atoms with van der Waals surface area (Å²) in [4.78, 5) is 58.3. The van der Waals surface area contributed by atoms with Crippen molar-refractivity contribution in [3.63, 3.8) is 0 Å². The number of pyridine rings is 2. The number of piperazine rings is 2. The number of aromatic nitrogens is 12. The predicted molar refractivity (Wildman–Crippen MR) is 331 cm³/mol. The number of benzene rings is 4. The van der Waals surface area contributed by atoms with Crippen LogP contribution in [0.2, 0.25) is 0 Å². The Labute approximate surface area is 505 Å². The molecule has 0 radical (unpaired) electrons. The molecule has 8 heterocycles. The Bertz CT molecular complexity index is 4320. The smallest absolute Gasteiger partial charge is 0.282 e. The first-order valence-electron chi connectivity index (χ1n) is 28.0. The number of anilines is 6. The molecule has 24 nitrogen and oxygen atoms in total. The van der Waals surface area contributed by atoms with Gasteiger partial charge in [-0.3, -0.25) is 9.59 Å². The second-order valence-corrected chi connectivity index (χ2v) is 19.9. The number of fused-ring (bicyclic) bond motifs is 4. The van der Waals surface area contributed by atoms with Crippen LogP contribution < -0.4 is 29.9 Å². The highest BCUT2D eigenvalue weighted by atomic mass is 19.1. The maximum absolute atomic E-state index is 13.6. The number of nitrogens with one attached hydrogen (secondary N) is 2. The number of aryl methyl sites for hydroxylation is 4. The Balaban J connectivity index is 0.000000196. The number of hydrogen-bond acceptors (Lipinski definition) is 20. The topological polar surface area (TPSA) is 276 Å². The summed E-state index contributed by atoms with van der Waals surface area (Å²) in [6.07, 6.45) is 3.02. The normalized spacial score (nSPS) is 13.6. The fourth-order valence-corrected chi connectivity index (χ4v) is 9.85. The molecule has 2 aliphatic heterocycles. The molecule has 2 amide bonds. The molecule has 2 fully saturated rings. The van der Waals surface area contributed by atoms with Crippen molar-refractivity contribution in [2.24, 2.45) is 14.1 Å². The average Bonchev–Trinajstić information content (AvgIpc) is 1.89. The summed E-state index contributed by atoms with van der Waals surface area (Å²) in [6.45, 7) is 18.4. The highest BCUT2D eigenvalue weighted by Crippen LogP contribution is 2.34. The van der Waals surface area contributed by atoms with E-state index in [0.717, 1.165) is 56.1 Å². The van der Waals surface area contributed by atoms with Crippen molar-refractivity contribution in [3.05, 3.63) is 146 Å². The number of carbonyl (C=O) groups is 2. The van der Waals surface area contributed by atoms with Crippen LogP contribution in [0.4, 0.5) is 43.4 Å². The van der Waals surface area contributed by atoms with Crippen LogP contribution in [0.1, 0.15) is 38.3 Å². The lowest BCUT2D eigenvalue weighted by Crippen LogP contribution is -2.55. The van der Waals surface area contributed by atoms with Gasteiger partial charge in [-0.1, -0.05) is 37.4 Å². The average molecular weight is 1190 g/mol. The van der Waals surface area contributed by atoms with Crippen LogP contribution in [0.15, 0.2) is 135 Å². The summed E-state index contributed by atoms with van der Waals surface area (Å²) in [7, 11) is 3.69. The standard InChI is InChI=1S/C30H27FN10O2.C28H26FN9O2.C2H3N.C2H6/c1-18-14-20(4-8-26(18)43-22-5-7-25-24(15-22)37-38-39(25)3)35-29-28-23(33-17-34-29)6-9-27(36-28)40-12-13-41(30(42)19(2)31)21(16-40)10-11-32;1-17-14-19(4-8-24(17)40-20-5-7-23-22(15-20)34-35-36(23)3)32-27-26-21(30-16-31-27)6-9-25(33-26)37-10-12-38(13-11-37)28(39)18(2)29;1-2-3;1-2/h4-9,14-15,17,21H,2,10,12-13,16H2,1,3H3,(H,33,34,35);4-9,14-16H,2,10-13H2,1,3H3,(H,30,31,32);1H3;1-2H3. The molecule has 0 bridgehead atoms. The first-order valence-corrected chi connectivity index (χ1v) is 28.0. The molecule has 448 valence electrons. The fraction of sp³-hybridized carbons (Fsp3) is 0.258. The molecule has 2 saturated heterocycles. The van der Waals surface area contributed by atoms with E-state index in [-0.39, 0.29) is 13.0 Å². The second kappa shape index (κ2) is 27.6. The van der Waals surface area contributed by atoms with Gasteiger partial charge in [-0.05, 0) is 110 Å². The molecular weight excluding hydrogens is 1130 g/mol. The minimum atomic E-state index is -1.04. The lowest BCUT2D eigenvalue weighted by atomic mass is 10.1. The van der Waals surface area contributed by atoms with E-state index >= 15 is 0 Å². The molecule has 2 N–H and O–H groups in total. The van der Waals surface area contributed by atoms with E-state index in [1.54, 1.807) is 15.4 Å². The van der Waals surface area contributed by atoms with Gasteiger partial charge in [0.2, 0.25) is 0 Å². The van der Waals surface area contributed by atoms with Crippen molar-refractivity contribution in [2.45, 2.75) is 47.1 Å². The van der Waals surface area contributed by atoms with Gasteiger partial charge in [0.05, 0.1) is 46.7 Å². The SMILES string of the molecule is C=C(F)C(=O)N1CCN(c2ccc3ncnc(Nc4ccc(Oc5ccc6c(c5)nnn6C)c(C)c4)c3n2)CC1.C=C(F)C(=O)N1CCN(c2ccc3ncnc(Nc4ccc(Oc5ccc6c(c5)nnn6C)c(C)c4)c3n2)CC1CC#N.CC.CC#N. The molecule has 1 unspecified atom stereocenters. The molecule has 6 aromatic heterocycles. The number of nitrogens with zero attached hydrogens (tertiary/aromatic N) is 18. The molecular formula is C62H62F2N20O4. The third-order valence-electron chi connectivity index (χ3n) is 14.2. The van der Waals surface area contributed by atoms with Gasteiger partial charge < -0.3 is 39.7 Å². The fourth-order valence-electron chi connectivity index (χ4n) is 9.85. The van der Waals surface area contributed by atoms with Crippen molar-refractivity contribution in [3.8, 4) is 35.1 Å². The summed E-state index contributed by atoms with van der Waals surface area (Å²) in [5.74, 6) is 1.78. The van der Waals surface area contributed by atoms with Gasteiger partial charge in [-0.25, -0.2) is 48.0 Å². The predicted octanol–water partition coefficient (Wildman–Crippen LogP) is 10.4. The molecule has 0 spiro atoms. The van der Waals surface area contributed by atoms with Crippen LogP contribution in [-0.2, 0) is 23.7 Å². The molecule has 12 rings (SSSR count). The largest absolute Gasteiger partial charge is 0.457 e. The third-order valence-corrected chi connectivity index (χ3v) is 14.2. The monoisotopic (exact) mass is 1190 g/mol. The molecule has 10 aromatic rings. The lowest BCUT2D eigenvalue weighted by molar-refractivity contribution is -0.131. The van der Waals surface area contributed by atoms with E-state index in [4.69, 9.17) is 24.7 Å². The van der Waals surface area contributed by atoms with Gasteiger partial charge >= 0.3 is 0 Å². The summed E-state index contributed by atoms with van der Waals surface area (Å²) in [5.41, 5.74) is 9.32. The van der Waals surface area contributed by atoms with Crippen molar-refractivity contribution in [1.82, 2.24) is 69.7 Å². The highest BCUT2D eigenvalue weighted by Gasteiger charge is 2.33. The zero-order valence-corrected chi connectivity index (χ0v) is 49.5. The van der Waals surface area contributed by atoms with E-state index in [0.29, 0.717) is 96.0 Å². The van der Waals surface area contributed by atoms with Crippen molar-refractivity contribution < 1.29 is 27.8 Å². The minimum Gasteiger partial charge on any atom is -0.457 e. The quantitative estimate of drug-likeness (QED) is 0.102. The molecule has 26 heteroatoms. The molecule has 4 aromatic carbocycles. The maximum Gasteiger partial charge on any atom is 0.282 e. The van der Waals surface area contributed by atoms with E-state index in [1.165, 1.54) is 29.4 Å². The summed E-state index contributed by atoms with van der Waals surface area (Å²) < 4.78 is 42.5. The lowest BCUT2D eigenvalue weighted by Gasteiger charge is -2.40. The third kappa shape index (κ3) is 13.9.